The molecule has 1 N–H and O–H groups in total. The SMILES string of the molecule is CC(C)(C)OC(=O)N[C@@H]1CCN(c2ccc(Br)cn2)C1. The molecular weight excluding hydrogens is 322 g/mol. The molecule has 1 amide bonds. The van der Waals surface area contributed by atoms with E-state index in [0.29, 0.717) is 0 Å². The Hall–Kier alpha value is -1.30. The number of ether oxygens (including phenoxy) is 1. The summed E-state index contributed by atoms with van der Waals surface area (Å²) in [7, 11) is 0. The lowest BCUT2D eigenvalue weighted by Crippen LogP contribution is -2.40. The number of anilines is 1. The molecule has 0 radical (unpaired) electrons. The molecule has 6 heteroatoms. The summed E-state index contributed by atoms with van der Waals surface area (Å²) < 4.78 is 6.23. The molecule has 1 aromatic rings. The quantitative estimate of drug-likeness (QED) is 0.898. The average Bonchev–Trinajstić information content (AvgIpc) is 2.75. The first-order valence-electron chi connectivity index (χ1n) is 6.69. The number of hydrogen-bond donors (Lipinski definition) is 1. The van der Waals surface area contributed by atoms with Crippen molar-refractivity contribution in [2.75, 3.05) is 18.0 Å². The van der Waals surface area contributed by atoms with Crippen molar-refractivity contribution >= 4 is 27.8 Å². The normalized spacial score (nSPS) is 19.0. The number of alkyl carbamates (subject to hydrolysis) is 1. The molecule has 110 valence electrons. The van der Waals surface area contributed by atoms with Gasteiger partial charge in [-0.15, -0.1) is 0 Å². The minimum absolute atomic E-state index is 0.107. The van der Waals surface area contributed by atoms with E-state index in [0.717, 1.165) is 29.8 Å². The Morgan fingerprint density at radius 3 is 2.85 bits per heavy atom. The number of rotatable bonds is 2. The summed E-state index contributed by atoms with van der Waals surface area (Å²) in [6.45, 7) is 7.22. The number of halogens is 1. The number of hydrogen-bond acceptors (Lipinski definition) is 4. The molecule has 0 saturated carbocycles. The molecule has 0 aromatic carbocycles. The summed E-state index contributed by atoms with van der Waals surface area (Å²) in [6.07, 6.45) is 2.33. The molecule has 1 saturated heterocycles. The predicted molar refractivity (Wildman–Crippen MR) is 81.9 cm³/mol. The van der Waals surface area contributed by atoms with Crippen LogP contribution in [-0.2, 0) is 4.74 Å². The Kier molecular flexibility index (Phi) is 4.52. The lowest BCUT2D eigenvalue weighted by molar-refractivity contribution is 0.0509. The third-order valence-electron chi connectivity index (χ3n) is 2.94. The molecule has 0 unspecified atom stereocenters. The fourth-order valence-corrected chi connectivity index (χ4v) is 2.35. The Morgan fingerprint density at radius 1 is 1.50 bits per heavy atom. The molecule has 20 heavy (non-hydrogen) atoms. The highest BCUT2D eigenvalue weighted by Gasteiger charge is 2.26. The van der Waals surface area contributed by atoms with Crippen LogP contribution in [0.3, 0.4) is 0 Å². The third-order valence-corrected chi connectivity index (χ3v) is 3.41. The van der Waals surface area contributed by atoms with Crippen molar-refractivity contribution < 1.29 is 9.53 Å². The van der Waals surface area contributed by atoms with E-state index in [-0.39, 0.29) is 12.1 Å². The first-order chi connectivity index (χ1) is 9.33. The molecule has 1 aromatic heterocycles. The van der Waals surface area contributed by atoms with E-state index in [9.17, 15) is 4.79 Å². The van der Waals surface area contributed by atoms with Crippen molar-refractivity contribution in [3.05, 3.63) is 22.8 Å². The van der Waals surface area contributed by atoms with Crippen molar-refractivity contribution in [2.45, 2.75) is 38.8 Å². The Balaban J connectivity index is 1.86. The van der Waals surface area contributed by atoms with Crippen LogP contribution in [0, 0.1) is 0 Å². The minimum atomic E-state index is -0.463. The van der Waals surface area contributed by atoms with Gasteiger partial charge < -0.3 is 15.0 Å². The second-order valence-corrected chi connectivity index (χ2v) is 6.83. The van der Waals surface area contributed by atoms with Crippen LogP contribution in [0.15, 0.2) is 22.8 Å². The van der Waals surface area contributed by atoms with E-state index < -0.39 is 5.60 Å². The van der Waals surface area contributed by atoms with Crippen LogP contribution in [-0.4, -0.2) is 35.8 Å². The monoisotopic (exact) mass is 341 g/mol. The fourth-order valence-electron chi connectivity index (χ4n) is 2.12. The van der Waals surface area contributed by atoms with Gasteiger partial charge in [-0.25, -0.2) is 9.78 Å². The second kappa shape index (κ2) is 5.99. The zero-order valence-corrected chi connectivity index (χ0v) is 13.6. The van der Waals surface area contributed by atoms with Gasteiger partial charge in [0, 0.05) is 23.8 Å². The van der Waals surface area contributed by atoms with E-state index in [2.05, 4.69) is 31.1 Å². The van der Waals surface area contributed by atoms with Crippen LogP contribution >= 0.6 is 15.9 Å². The summed E-state index contributed by atoms with van der Waals surface area (Å²) in [5, 5.41) is 2.91. The van der Waals surface area contributed by atoms with E-state index in [1.165, 1.54) is 0 Å². The molecule has 2 rings (SSSR count). The maximum Gasteiger partial charge on any atom is 0.407 e. The molecular formula is C14H20BrN3O2. The van der Waals surface area contributed by atoms with E-state index in [4.69, 9.17) is 4.74 Å². The summed E-state index contributed by atoms with van der Waals surface area (Å²) in [6, 6.07) is 4.05. The molecule has 2 heterocycles. The van der Waals surface area contributed by atoms with Crippen molar-refractivity contribution in [3.8, 4) is 0 Å². The Labute approximate surface area is 127 Å². The molecule has 1 fully saturated rings. The van der Waals surface area contributed by atoms with Gasteiger partial charge in [-0.3, -0.25) is 0 Å². The van der Waals surface area contributed by atoms with E-state index in [1.807, 2.05) is 32.9 Å². The van der Waals surface area contributed by atoms with Crippen molar-refractivity contribution in [1.82, 2.24) is 10.3 Å². The van der Waals surface area contributed by atoms with Gasteiger partial charge in [0.1, 0.15) is 11.4 Å². The van der Waals surface area contributed by atoms with Crippen LogP contribution in [0.5, 0.6) is 0 Å². The van der Waals surface area contributed by atoms with Gasteiger partial charge in [-0.2, -0.15) is 0 Å². The lowest BCUT2D eigenvalue weighted by Gasteiger charge is -2.22. The average molecular weight is 342 g/mol. The fraction of sp³-hybridized carbons (Fsp3) is 0.571. The molecule has 0 spiro atoms. The molecule has 1 aliphatic heterocycles. The minimum Gasteiger partial charge on any atom is -0.444 e. The van der Waals surface area contributed by atoms with E-state index in [1.54, 1.807) is 6.20 Å². The predicted octanol–water partition coefficient (Wildman–Crippen LogP) is 2.95. The number of amides is 1. The second-order valence-electron chi connectivity index (χ2n) is 5.91. The van der Waals surface area contributed by atoms with Gasteiger partial charge in [0.25, 0.3) is 0 Å². The molecule has 0 aliphatic carbocycles. The number of aromatic nitrogens is 1. The maximum absolute atomic E-state index is 11.7. The van der Waals surface area contributed by atoms with Gasteiger partial charge in [0.2, 0.25) is 0 Å². The van der Waals surface area contributed by atoms with Crippen LogP contribution in [0.4, 0.5) is 10.6 Å². The van der Waals surface area contributed by atoms with Gasteiger partial charge in [-0.1, -0.05) is 0 Å². The highest BCUT2D eigenvalue weighted by Crippen LogP contribution is 2.20. The van der Waals surface area contributed by atoms with Crippen LogP contribution in [0.1, 0.15) is 27.2 Å². The Bertz CT molecular complexity index is 470. The van der Waals surface area contributed by atoms with Gasteiger partial charge in [0.15, 0.2) is 0 Å². The van der Waals surface area contributed by atoms with Crippen LogP contribution in [0.25, 0.3) is 0 Å². The van der Waals surface area contributed by atoms with E-state index >= 15 is 0 Å². The van der Waals surface area contributed by atoms with Crippen LogP contribution in [0.2, 0.25) is 0 Å². The van der Waals surface area contributed by atoms with Gasteiger partial charge >= 0.3 is 6.09 Å². The highest BCUT2D eigenvalue weighted by molar-refractivity contribution is 9.10. The van der Waals surface area contributed by atoms with Crippen LogP contribution < -0.4 is 10.2 Å². The highest BCUT2D eigenvalue weighted by atomic mass is 79.9. The number of nitrogens with zero attached hydrogens (tertiary/aromatic N) is 2. The smallest absolute Gasteiger partial charge is 0.407 e. The van der Waals surface area contributed by atoms with Gasteiger partial charge in [0.05, 0.1) is 6.04 Å². The lowest BCUT2D eigenvalue weighted by atomic mass is 10.2. The van der Waals surface area contributed by atoms with Crippen molar-refractivity contribution in [1.29, 1.82) is 0 Å². The standard InChI is InChI=1S/C14H20BrN3O2/c1-14(2,3)20-13(19)17-11-6-7-18(9-11)12-5-4-10(15)8-16-12/h4-5,8,11H,6-7,9H2,1-3H3,(H,17,19)/t11-/m1/s1. The summed E-state index contributed by atoms with van der Waals surface area (Å²) >= 11 is 3.37. The van der Waals surface area contributed by atoms with Crippen molar-refractivity contribution in [3.63, 3.8) is 0 Å². The third kappa shape index (κ3) is 4.37. The maximum atomic E-state index is 11.7. The summed E-state index contributed by atoms with van der Waals surface area (Å²) in [5.41, 5.74) is -0.463. The number of pyridine rings is 1. The number of nitrogens with one attached hydrogen (secondary N) is 1. The molecule has 1 atom stereocenters. The topological polar surface area (TPSA) is 54.5 Å². The number of carbonyl (C=O) groups is 1. The summed E-state index contributed by atoms with van der Waals surface area (Å²) in [5.74, 6) is 0.932. The van der Waals surface area contributed by atoms with Gasteiger partial charge in [-0.05, 0) is 55.3 Å². The zero-order valence-electron chi connectivity index (χ0n) is 12.0. The Morgan fingerprint density at radius 2 is 2.25 bits per heavy atom. The summed E-state index contributed by atoms with van der Waals surface area (Å²) in [4.78, 5) is 18.3. The molecule has 5 nitrogen and oxygen atoms in total. The zero-order chi connectivity index (χ0) is 14.8. The molecule has 0 bridgehead atoms. The molecule has 1 aliphatic rings. The number of carbonyl (C=O) groups excluding carboxylic acids is 1. The van der Waals surface area contributed by atoms with Crippen molar-refractivity contribution in [2.24, 2.45) is 0 Å². The first-order valence-corrected chi connectivity index (χ1v) is 7.49. The first kappa shape index (κ1) is 15.1. The largest absolute Gasteiger partial charge is 0.444 e.